The number of rotatable bonds is 1. The fraction of sp³-hybridized carbons (Fsp3) is 0.538. The van der Waals surface area contributed by atoms with Gasteiger partial charge in [-0.25, -0.2) is 4.39 Å². The summed E-state index contributed by atoms with van der Waals surface area (Å²) in [6, 6.07) is 2.74. The summed E-state index contributed by atoms with van der Waals surface area (Å²) in [5.74, 6) is -0.812. The van der Waals surface area contributed by atoms with Crippen LogP contribution in [0.3, 0.4) is 0 Å². The highest BCUT2D eigenvalue weighted by atomic mass is 19.4. The van der Waals surface area contributed by atoms with Gasteiger partial charge in [-0.05, 0) is 25.5 Å². The Morgan fingerprint density at radius 2 is 2.05 bits per heavy atom. The number of hydrogen-bond acceptors (Lipinski definition) is 2. The number of benzene rings is 1. The van der Waals surface area contributed by atoms with E-state index >= 15 is 0 Å². The molecule has 0 aromatic heterocycles. The topological polar surface area (TPSA) is 31.2 Å². The van der Waals surface area contributed by atoms with E-state index in [0.29, 0.717) is 31.3 Å². The molecule has 3 rings (SSSR count). The second-order valence-electron chi connectivity index (χ2n) is 5.36. The summed E-state index contributed by atoms with van der Waals surface area (Å²) < 4.78 is 56.9. The van der Waals surface area contributed by atoms with Gasteiger partial charge >= 0.3 is 6.18 Å². The van der Waals surface area contributed by atoms with Crippen molar-refractivity contribution in [3.63, 3.8) is 0 Å². The zero-order valence-electron chi connectivity index (χ0n) is 10.3. The molecular weight excluding hydrogens is 262 g/mol. The van der Waals surface area contributed by atoms with E-state index in [0.717, 1.165) is 6.07 Å². The van der Waals surface area contributed by atoms with Crippen molar-refractivity contribution < 1.29 is 22.3 Å². The molecule has 6 heteroatoms. The van der Waals surface area contributed by atoms with E-state index in [4.69, 9.17) is 4.74 Å². The lowest BCUT2D eigenvalue weighted by Gasteiger charge is -2.26. The van der Waals surface area contributed by atoms with Gasteiger partial charge in [0.1, 0.15) is 5.82 Å². The minimum Gasteiger partial charge on any atom is -0.379 e. The Balaban J connectivity index is 1.99. The van der Waals surface area contributed by atoms with Gasteiger partial charge in [0.2, 0.25) is 0 Å². The molecule has 2 heterocycles. The first-order chi connectivity index (χ1) is 8.79. The number of halogens is 4. The smallest absolute Gasteiger partial charge is 0.379 e. The van der Waals surface area contributed by atoms with E-state index < -0.39 is 23.1 Å². The van der Waals surface area contributed by atoms with Gasteiger partial charge in [0.25, 0.3) is 0 Å². The average Bonchev–Trinajstić information content (AvgIpc) is 2.94. The molecule has 0 amide bonds. The lowest BCUT2D eigenvalue weighted by Crippen LogP contribution is -2.33. The minimum atomic E-state index is -4.52. The third kappa shape index (κ3) is 1.77. The Bertz CT molecular complexity index is 526. The minimum absolute atomic E-state index is 0.298. The standard InChI is InChI=1S/C13H13F4NO/c1-11-7-19-5-4-12(11,18-11)9-3-2-8(6-10(9)14)13(15,16)17/h2-3,6,18H,4-5,7H2,1H3. The first-order valence-electron chi connectivity index (χ1n) is 6.03. The summed E-state index contributed by atoms with van der Waals surface area (Å²) in [5.41, 5.74) is -1.63. The van der Waals surface area contributed by atoms with Crippen LogP contribution in [0.25, 0.3) is 0 Å². The predicted molar refractivity (Wildman–Crippen MR) is 60.1 cm³/mol. The van der Waals surface area contributed by atoms with Gasteiger partial charge in [0.05, 0.1) is 23.2 Å². The molecule has 0 saturated carbocycles. The molecule has 2 aliphatic rings. The van der Waals surface area contributed by atoms with Crippen LogP contribution in [0.15, 0.2) is 18.2 Å². The van der Waals surface area contributed by atoms with Crippen LogP contribution in [0.4, 0.5) is 17.6 Å². The summed E-state index contributed by atoms with van der Waals surface area (Å²) in [6.45, 7) is 2.81. The largest absolute Gasteiger partial charge is 0.416 e. The van der Waals surface area contributed by atoms with Crippen LogP contribution < -0.4 is 5.32 Å². The van der Waals surface area contributed by atoms with E-state index in [9.17, 15) is 17.6 Å². The van der Waals surface area contributed by atoms with Crippen LogP contribution in [0, 0.1) is 5.82 Å². The second kappa shape index (κ2) is 3.70. The summed E-state index contributed by atoms with van der Waals surface area (Å²) in [6.07, 6.45) is -3.96. The second-order valence-corrected chi connectivity index (χ2v) is 5.36. The molecule has 2 aliphatic heterocycles. The molecular formula is C13H13F4NO. The highest BCUT2D eigenvalue weighted by molar-refractivity contribution is 5.42. The van der Waals surface area contributed by atoms with E-state index in [1.165, 1.54) is 6.07 Å². The van der Waals surface area contributed by atoms with Gasteiger partial charge in [0, 0.05) is 12.2 Å². The fourth-order valence-corrected chi connectivity index (χ4v) is 2.98. The maximum absolute atomic E-state index is 14.0. The van der Waals surface area contributed by atoms with Crippen LogP contribution in [0.5, 0.6) is 0 Å². The van der Waals surface area contributed by atoms with Crippen LogP contribution in [0.1, 0.15) is 24.5 Å². The predicted octanol–water partition coefficient (Wildman–Crippen LogP) is 2.82. The van der Waals surface area contributed by atoms with Crippen LogP contribution in [0.2, 0.25) is 0 Å². The maximum Gasteiger partial charge on any atom is 0.416 e. The van der Waals surface area contributed by atoms with E-state index in [1.54, 1.807) is 0 Å². The Morgan fingerprint density at radius 1 is 1.32 bits per heavy atom. The number of hydrogen-bond donors (Lipinski definition) is 1. The highest BCUT2D eigenvalue weighted by Crippen LogP contribution is 2.53. The molecule has 1 aromatic rings. The number of ether oxygens (including phenoxy) is 1. The van der Waals surface area contributed by atoms with E-state index in [2.05, 4.69) is 5.32 Å². The third-order valence-electron chi connectivity index (χ3n) is 4.14. The molecule has 0 bridgehead atoms. The molecule has 2 atom stereocenters. The van der Waals surface area contributed by atoms with Crippen molar-refractivity contribution in [1.82, 2.24) is 5.32 Å². The monoisotopic (exact) mass is 275 g/mol. The number of nitrogens with one attached hydrogen (secondary N) is 1. The summed E-state index contributed by atoms with van der Waals surface area (Å²) in [4.78, 5) is 0. The Labute approximate surface area is 107 Å². The van der Waals surface area contributed by atoms with Gasteiger partial charge in [-0.3, -0.25) is 5.32 Å². The quantitative estimate of drug-likeness (QED) is 0.631. The van der Waals surface area contributed by atoms with Crippen molar-refractivity contribution in [2.45, 2.75) is 30.6 Å². The van der Waals surface area contributed by atoms with Crippen molar-refractivity contribution in [2.24, 2.45) is 0 Å². The van der Waals surface area contributed by atoms with Gasteiger partial charge < -0.3 is 4.74 Å². The molecule has 2 fully saturated rings. The lowest BCUT2D eigenvalue weighted by atomic mass is 9.83. The van der Waals surface area contributed by atoms with Crippen LogP contribution in [-0.2, 0) is 16.5 Å². The van der Waals surface area contributed by atoms with Crippen molar-refractivity contribution in [3.8, 4) is 0 Å². The molecule has 2 unspecified atom stereocenters. The Kier molecular flexibility index (Phi) is 2.51. The number of fused-ring (bicyclic) bond motifs is 1. The summed E-state index contributed by atoms with van der Waals surface area (Å²) in [5, 5.41) is 3.19. The molecule has 0 aliphatic carbocycles. The zero-order valence-corrected chi connectivity index (χ0v) is 10.3. The van der Waals surface area contributed by atoms with Gasteiger partial charge in [-0.2, -0.15) is 13.2 Å². The fourth-order valence-electron chi connectivity index (χ4n) is 2.98. The van der Waals surface area contributed by atoms with E-state index in [1.807, 2.05) is 6.92 Å². The van der Waals surface area contributed by atoms with Crippen molar-refractivity contribution >= 4 is 0 Å². The van der Waals surface area contributed by atoms with Crippen molar-refractivity contribution in [3.05, 3.63) is 35.1 Å². The Morgan fingerprint density at radius 3 is 2.63 bits per heavy atom. The van der Waals surface area contributed by atoms with Crippen molar-refractivity contribution in [2.75, 3.05) is 13.2 Å². The normalized spacial score (nSPS) is 33.9. The molecule has 19 heavy (non-hydrogen) atoms. The first kappa shape index (κ1) is 12.9. The average molecular weight is 275 g/mol. The number of alkyl halides is 3. The highest BCUT2D eigenvalue weighted by Gasteiger charge is 2.67. The van der Waals surface area contributed by atoms with Crippen molar-refractivity contribution in [1.29, 1.82) is 0 Å². The lowest BCUT2D eigenvalue weighted by molar-refractivity contribution is -0.137. The third-order valence-corrected chi connectivity index (χ3v) is 4.14. The molecule has 0 spiro atoms. The SMILES string of the molecule is CC12COCCC1(c1ccc(C(F)(F)F)cc1F)N2. The first-order valence-corrected chi connectivity index (χ1v) is 6.03. The zero-order chi connectivity index (χ0) is 13.9. The van der Waals surface area contributed by atoms with Gasteiger partial charge in [0.15, 0.2) is 0 Å². The van der Waals surface area contributed by atoms with Gasteiger partial charge in [-0.1, -0.05) is 6.07 Å². The summed E-state index contributed by atoms with van der Waals surface area (Å²) in [7, 11) is 0. The molecule has 2 nitrogen and oxygen atoms in total. The molecule has 2 saturated heterocycles. The summed E-state index contributed by atoms with van der Waals surface area (Å²) >= 11 is 0. The molecule has 0 radical (unpaired) electrons. The maximum atomic E-state index is 14.0. The molecule has 104 valence electrons. The van der Waals surface area contributed by atoms with Gasteiger partial charge in [-0.15, -0.1) is 0 Å². The van der Waals surface area contributed by atoms with Crippen LogP contribution in [-0.4, -0.2) is 18.8 Å². The van der Waals surface area contributed by atoms with Crippen LogP contribution >= 0.6 is 0 Å². The molecule has 1 aromatic carbocycles. The van der Waals surface area contributed by atoms with E-state index in [-0.39, 0.29) is 5.54 Å². The Hall–Kier alpha value is -1.14. The molecule has 1 N–H and O–H groups in total.